The summed E-state index contributed by atoms with van der Waals surface area (Å²) in [5.41, 5.74) is 5.92. The number of nitrogens with zero attached hydrogens (tertiary/aromatic N) is 2. The zero-order valence-corrected chi connectivity index (χ0v) is 14.0. The van der Waals surface area contributed by atoms with Crippen LogP contribution in [-0.4, -0.2) is 49.5 Å². The molecule has 2 saturated heterocycles. The monoisotopic (exact) mass is 355 g/mol. The van der Waals surface area contributed by atoms with E-state index >= 15 is 0 Å². The van der Waals surface area contributed by atoms with Crippen molar-refractivity contribution in [3.8, 4) is 0 Å². The highest BCUT2D eigenvalue weighted by Gasteiger charge is 2.37. The Morgan fingerprint density at radius 3 is 2.29 bits per heavy atom. The van der Waals surface area contributed by atoms with Crippen molar-refractivity contribution in [1.82, 2.24) is 4.31 Å². The Kier molecular flexibility index (Phi) is 4.86. The molecule has 24 heavy (non-hydrogen) atoms. The third kappa shape index (κ3) is 3.30. The molecular formula is C15H21N3O5S. The lowest BCUT2D eigenvalue weighted by molar-refractivity contribution is -0.384. The first-order valence-electron chi connectivity index (χ1n) is 8.01. The van der Waals surface area contributed by atoms with Crippen LogP contribution in [0.15, 0.2) is 29.2 Å². The fraction of sp³-hybridized carbons (Fsp3) is 0.600. The van der Waals surface area contributed by atoms with E-state index in [1.54, 1.807) is 0 Å². The minimum absolute atomic E-state index is 0.0224. The second kappa shape index (κ2) is 6.75. The molecule has 0 radical (unpaired) electrons. The van der Waals surface area contributed by atoms with Crippen molar-refractivity contribution >= 4 is 15.7 Å². The number of benzene rings is 1. The number of nitro benzene ring substituents is 1. The van der Waals surface area contributed by atoms with Gasteiger partial charge in [-0.25, -0.2) is 8.42 Å². The van der Waals surface area contributed by atoms with E-state index in [1.165, 1.54) is 28.6 Å². The normalized spacial score (nSPS) is 26.5. The molecule has 2 aliphatic rings. The fourth-order valence-electron chi connectivity index (χ4n) is 3.45. The minimum atomic E-state index is -3.63. The van der Waals surface area contributed by atoms with Gasteiger partial charge in [0, 0.05) is 37.9 Å². The summed E-state index contributed by atoms with van der Waals surface area (Å²) in [5, 5.41) is 10.7. The molecule has 0 spiro atoms. The van der Waals surface area contributed by atoms with Crippen molar-refractivity contribution in [2.45, 2.75) is 36.3 Å². The summed E-state index contributed by atoms with van der Waals surface area (Å²) in [5.74, 6) is 0.283. The number of non-ortho nitro benzene ring substituents is 1. The van der Waals surface area contributed by atoms with Gasteiger partial charge in [0.1, 0.15) is 0 Å². The van der Waals surface area contributed by atoms with Gasteiger partial charge >= 0.3 is 0 Å². The average Bonchev–Trinajstić information content (AvgIpc) is 3.01. The van der Waals surface area contributed by atoms with Crippen LogP contribution in [0.25, 0.3) is 0 Å². The van der Waals surface area contributed by atoms with E-state index in [1.807, 2.05) is 0 Å². The van der Waals surface area contributed by atoms with Gasteiger partial charge in [0.15, 0.2) is 0 Å². The molecule has 0 bridgehead atoms. The molecule has 0 unspecified atom stereocenters. The SMILES string of the molecule is N[C@@H]1CCO[C@H]1C1CCN(S(=O)(=O)c2ccc([N+](=O)[O-])cc2)CC1. The van der Waals surface area contributed by atoms with Gasteiger partial charge < -0.3 is 10.5 Å². The summed E-state index contributed by atoms with van der Waals surface area (Å²) in [4.78, 5) is 10.2. The number of ether oxygens (including phenoxy) is 1. The predicted molar refractivity (Wildman–Crippen MR) is 86.9 cm³/mol. The van der Waals surface area contributed by atoms with Gasteiger partial charge in [0.05, 0.1) is 15.9 Å². The lowest BCUT2D eigenvalue weighted by Crippen LogP contribution is -2.44. The molecule has 9 heteroatoms. The zero-order valence-electron chi connectivity index (χ0n) is 13.2. The molecule has 1 aromatic rings. The maximum absolute atomic E-state index is 12.7. The van der Waals surface area contributed by atoms with Gasteiger partial charge in [-0.1, -0.05) is 0 Å². The fourth-order valence-corrected chi connectivity index (χ4v) is 4.92. The van der Waals surface area contributed by atoms with Gasteiger partial charge in [-0.15, -0.1) is 0 Å². The molecule has 2 N–H and O–H groups in total. The van der Waals surface area contributed by atoms with E-state index in [0.717, 1.165) is 6.42 Å². The van der Waals surface area contributed by atoms with Crippen LogP contribution in [-0.2, 0) is 14.8 Å². The summed E-state index contributed by atoms with van der Waals surface area (Å²) in [6, 6.07) is 5.04. The molecular weight excluding hydrogens is 334 g/mol. The maximum atomic E-state index is 12.7. The van der Waals surface area contributed by atoms with Crippen molar-refractivity contribution in [2.24, 2.45) is 11.7 Å². The number of hydrogen-bond donors (Lipinski definition) is 1. The van der Waals surface area contributed by atoms with Crippen LogP contribution in [0.4, 0.5) is 5.69 Å². The van der Waals surface area contributed by atoms with Gasteiger partial charge in [-0.3, -0.25) is 10.1 Å². The summed E-state index contributed by atoms with van der Waals surface area (Å²) in [6.45, 7) is 1.50. The zero-order chi connectivity index (χ0) is 17.3. The number of sulfonamides is 1. The van der Waals surface area contributed by atoms with E-state index < -0.39 is 14.9 Å². The Hall–Kier alpha value is -1.55. The Morgan fingerprint density at radius 2 is 1.79 bits per heavy atom. The first-order chi connectivity index (χ1) is 11.4. The Labute approximate surface area is 140 Å². The van der Waals surface area contributed by atoms with E-state index in [-0.39, 0.29) is 28.6 Å². The molecule has 2 aliphatic heterocycles. The molecule has 132 valence electrons. The highest BCUT2D eigenvalue weighted by Crippen LogP contribution is 2.31. The first kappa shape index (κ1) is 17.3. The van der Waals surface area contributed by atoms with Crippen LogP contribution in [0.5, 0.6) is 0 Å². The molecule has 2 atom stereocenters. The van der Waals surface area contributed by atoms with Gasteiger partial charge in [-0.2, -0.15) is 4.31 Å². The molecule has 0 aromatic heterocycles. The van der Waals surface area contributed by atoms with Crippen molar-refractivity contribution in [2.75, 3.05) is 19.7 Å². The van der Waals surface area contributed by atoms with Crippen LogP contribution in [0.1, 0.15) is 19.3 Å². The number of nitro groups is 1. The van der Waals surface area contributed by atoms with Gasteiger partial charge in [-0.05, 0) is 37.3 Å². The molecule has 0 aliphatic carbocycles. The van der Waals surface area contributed by atoms with Crippen LogP contribution >= 0.6 is 0 Å². The van der Waals surface area contributed by atoms with E-state index in [9.17, 15) is 18.5 Å². The standard InChI is InChI=1S/C15H21N3O5S/c16-14-7-10-23-15(14)11-5-8-17(9-6-11)24(21,22)13-3-1-12(2-4-13)18(19)20/h1-4,11,14-15H,5-10,16H2/t14-,15+/m1/s1. The summed E-state index contributed by atoms with van der Waals surface area (Å²) in [6.07, 6.45) is 2.30. The quantitative estimate of drug-likeness (QED) is 0.639. The van der Waals surface area contributed by atoms with E-state index in [4.69, 9.17) is 10.5 Å². The number of piperidine rings is 1. The van der Waals surface area contributed by atoms with Crippen molar-refractivity contribution < 1.29 is 18.1 Å². The second-order valence-electron chi connectivity index (χ2n) is 6.28. The van der Waals surface area contributed by atoms with Crippen molar-refractivity contribution in [1.29, 1.82) is 0 Å². The topological polar surface area (TPSA) is 116 Å². The number of nitrogens with two attached hydrogens (primary N) is 1. The van der Waals surface area contributed by atoms with Crippen molar-refractivity contribution in [3.05, 3.63) is 34.4 Å². The van der Waals surface area contributed by atoms with Crippen molar-refractivity contribution in [3.63, 3.8) is 0 Å². The highest BCUT2D eigenvalue weighted by molar-refractivity contribution is 7.89. The number of hydrogen-bond acceptors (Lipinski definition) is 6. The van der Waals surface area contributed by atoms with Gasteiger partial charge in [0.25, 0.3) is 5.69 Å². The van der Waals surface area contributed by atoms with Crippen LogP contribution in [0, 0.1) is 16.0 Å². The molecule has 1 aromatic carbocycles. The molecule has 0 saturated carbocycles. The molecule has 2 heterocycles. The molecule has 8 nitrogen and oxygen atoms in total. The Morgan fingerprint density at radius 1 is 1.17 bits per heavy atom. The summed E-state index contributed by atoms with van der Waals surface area (Å²) in [7, 11) is -3.63. The van der Waals surface area contributed by atoms with Crippen LogP contribution in [0.3, 0.4) is 0 Å². The molecule has 0 amide bonds. The summed E-state index contributed by atoms with van der Waals surface area (Å²) >= 11 is 0. The first-order valence-corrected chi connectivity index (χ1v) is 9.45. The lowest BCUT2D eigenvalue weighted by atomic mass is 9.88. The largest absolute Gasteiger partial charge is 0.376 e. The smallest absolute Gasteiger partial charge is 0.269 e. The molecule has 2 fully saturated rings. The molecule has 3 rings (SSSR count). The van der Waals surface area contributed by atoms with E-state index in [2.05, 4.69) is 0 Å². The second-order valence-corrected chi connectivity index (χ2v) is 8.22. The summed E-state index contributed by atoms with van der Waals surface area (Å²) < 4.78 is 32.4. The Bertz CT molecular complexity index is 698. The Balaban J connectivity index is 1.67. The highest BCUT2D eigenvalue weighted by atomic mass is 32.2. The maximum Gasteiger partial charge on any atom is 0.269 e. The average molecular weight is 355 g/mol. The van der Waals surface area contributed by atoms with E-state index in [0.29, 0.717) is 32.5 Å². The number of rotatable bonds is 4. The third-order valence-corrected chi connectivity index (χ3v) is 6.74. The predicted octanol–water partition coefficient (Wildman–Crippen LogP) is 1.11. The van der Waals surface area contributed by atoms with Crippen LogP contribution in [0.2, 0.25) is 0 Å². The third-order valence-electron chi connectivity index (χ3n) is 4.83. The van der Waals surface area contributed by atoms with Gasteiger partial charge in [0.2, 0.25) is 10.0 Å². The van der Waals surface area contributed by atoms with Crippen LogP contribution < -0.4 is 5.73 Å². The lowest BCUT2D eigenvalue weighted by Gasteiger charge is -2.34. The minimum Gasteiger partial charge on any atom is -0.376 e.